The van der Waals surface area contributed by atoms with Crippen LogP contribution in [0.4, 0.5) is 5.00 Å². The van der Waals surface area contributed by atoms with E-state index in [0.717, 1.165) is 66.4 Å². The van der Waals surface area contributed by atoms with Crippen LogP contribution >= 0.6 is 11.3 Å². The molecule has 0 radical (unpaired) electrons. The van der Waals surface area contributed by atoms with Gasteiger partial charge in [0.05, 0.1) is 5.56 Å². The summed E-state index contributed by atoms with van der Waals surface area (Å²) in [5, 5.41) is 13.4. The molecule has 0 saturated carbocycles. The highest BCUT2D eigenvalue weighted by atomic mass is 32.1. The zero-order valence-electron chi connectivity index (χ0n) is 17.3. The Kier molecular flexibility index (Phi) is 6.56. The molecule has 30 heavy (non-hydrogen) atoms. The van der Waals surface area contributed by atoms with Gasteiger partial charge in [-0.25, -0.2) is 0 Å². The Hall–Kier alpha value is -2.56. The van der Waals surface area contributed by atoms with Crippen LogP contribution in [0, 0.1) is 11.3 Å². The third-order valence-corrected chi connectivity index (χ3v) is 6.94. The minimum atomic E-state index is -0.0351. The number of carbonyl (C=O) groups excluding carboxylic acids is 1. The molecule has 1 aliphatic heterocycles. The summed E-state index contributed by atoms with van der Waals surface area (Å²) >= 11 is 1.59. The standard InChI is InChI=1S/C23H27N3O3S/c1-2-26(14-16-8-9-19-20(12-16)29-15-28-19)11-10-22(27)25-23-18(13-24)17-6-4-3-5-7-21(17)30-23/h8-9,12H,2-7,10-11,14-15H2,1H3,(H,25,27). The van der Waals surface area contributed by atoms with Gasteiger partial charge in [0.15, 0.2) is 11.5 Å². The Balaban J connectivity index is 1.34. The second kappa shape index (κ2) is 9.50. The van der Waals surface area contributed by atoms with E-state index < -0.39 is 0 Å². The van der Waals surface area contributed by atoms with Crippen LogP contribution in [0.5, 0.6) is 11.5 Å². The number of nitrogens with zero attached hydrogens (tertiary/aromatic N) is 2. The van der Waals surface area contributed by atoms with Crippen molar-refractivity contribution in [2.75, 3.05) is 25.2 Å². The summed E-state index contributed by atoms with van der Waals surface area (Å²) in [5.41, 5.74) is 2.97. The summed E-state index contributed by atoms with van der Waals surface area (Å²) in [7, 11) is 0. The lowest BCUT2D eigenvalue weighted by Crippen LogP contribution is -2.27. The lowest BCUT2D eigenvalue weighted by Gasteiger charge is -2.20. The highest BCUT2D eigenvalue weighted by molar-refractivity contribution is 7.16. The normalized spacial score (nSPS) is 14.8. The van der Waals surface area contributed by atoms with E-state index in [4.69, 9.17) is 9.47 Å². The Bertz CT molecular complexity index is 963. The molecule has 0 unspecified atom stereocenters. The fourth-order valence-corrected chi connectivity index (χ4v) is 5.30. The molecule has 1 N–H and O–H groups in total. The van der Waals surface area contributed by atoms with Crippen LogP contribution in [-0.2, 0) is 24.2 Å². The number of ether oxygens (including phenoxy) is 2. The number of hydrogen-bond donors (Lipinski definition) is 1. The van der Waals surface area contributed by atoms with Crippen molar-refractivity contribution in [3.05, 3.63) is 39.8 Å². The maximum atomic E-state index is 12.6. The third kappa shape index (κ3) is 4.61. The minimum Gasteiger partial charge on any atom is -0.454 e. The molecule has 6 nitrogen and oxygen atoms in total. The zero-order valence-corrected chi connectivity index (χ0v) is 18.1. The number of fused-ring (bicyclic) bond motifs is 2. The van der Waals surface area contributed by atoms with E-state index in [9.17, 15) is 10.1 Å². The molecular weight excluding hydrogens is 398 g/mol. The number of anilines is 1. The molecule has 0 bridgehead atoms. The first kappa shape index (κ1) is 20.7. The van der Waals surface area contributed by atoms with Crippen molar-refractivity contribution in [2.24, 2.45) is 0 Å². The number of nitrogens with one attached hydrogen (secondary N) is 1. The van der Waals surface area contributed by atoms with Gasteiger partial charge in [-0.15, -0.1) is 11.3 Å². The highest BCUT2D eigenvalue weighted by Gasteiger charge is 2.21. The molecule has 1 aromatic heterocycles. The second-order valence-corrected chi connectivity index (χ2v) is 8.84. The zero-order chi connectivity index (χ0) is 20.9. The lowest BCUT2D eigenvalue weighted by atomic mass is 10.1. The van der Waals surface area contributed by atoms with Crippen molar-refractivity contribution < 1.29 is 14.3 Å². The van der Waals surface area contributed by atoms with Crippen LogP contribution in [0.25, 0.3) is 0 Å². The van der Waals surface area contributed by atoms with Crippen molar-refractivity contribution >= 4 is 22.2 Å². The van der Waals surface area contributed by atoms with Crippen LogP contribution in [-0.4, -0.2) is 30.7 Å². The fourth-order valence-electron chi connectivity index (χ4n) is 4.04. The third-order valence-electron chi connectivity index (χ3n) is 5.73. The maximum absolute atomic E-state index is 12.6. The van der Waals surface area contributed by atoms with Crippen molar-refractivity contribution in [3.8, 4) is 17.6 Å². The van der Waals surface area contributed by atoms with Crippen molar-refractivity contribution in [2.45, 2.75) is 52.0 Å². The van der Waals surface area contributed by atoms with Crippen molar-refractivity contribution in [1.29, 1.82) is 5.26 Å². The van der Waals surface area contributed by atoms with Gasteiger partial charge in [0.25, 0.3) is 0 Å². The molecule has 0 fully saturated rings. The smallest absolute Gasteiger partial charge is 0.231 e. The summed E-state index contributed by atoms with van der Waals surface area (Å²) in [6.45, 7) is 4.61. The largest absolute Gasteiger partial charge is 0.454 e. The number of carbonyl (C=O) groups is 1. The molecule has 2 aliphatic rings. The molecule has 2 aromatic rings. The molecule has 158 valence electrons. The van der Waals surface area contributed by atoms with Gasteiger partial charge in [0, 0.05) is 24.4 Å². The number of benzene rings is 1. The van der Waals surface area contributed by atoms with Crippen molar-refractivity contribution in [3.63, 3.8) is 0 Å². The predicted octanol–water partition coefficient (Wildman–Crippen LogP) is 4.47. The lowest BCUT2D eigenvalue weighted by molar-refractivity contribution is -0.116. The first-order chi connectivity index (χ1) is 14.7. The molecule has 0 spiro atoms. The van der Waals surface area contributed by atoms with E-state index in [1.807, 2.05) is 18.2 Å². The van der Waals surface area contributed by atoms with Crippen LogP contribution in [0.3, 0.4) is 0 Å². The molecule has 7 heteroatoms. The van der Waals surface area contributed by atoms with E-state index in [1.165, 1.54) is 11.3 Å². The van der Waals surface area contributed by atoms with Gasteiger partial charge >= 0.3 is 0 Å². The second-order valence-electron chi connectivity index (χ2n) is 7.73. The number of amides is 1. The molecule has 0 saturated heterocycles. The number of thiophene rings is 1. The summed E-state index contributed by atoms with van der Waals surface area (Å²) in [5.74, 6) is 1.53. The van der Waals surface area contributed by atoms with E-state index in [0.29, 0.717) is 18.5 Å². The SMILES string of the molecule is CCN(CCC(=O)Nc1sc2c(c1C#N)CCCCC2)Cc1ccc2c(c1)OCO2. The number of hydrogen-bond acceptors (Lipinski definition) is 6. The molecule has 1 aromatic carbocycles. The average Bonchev–Trinajstić information content (AvgIpc) is 3.27. The topological polar surface area (TPSA) is 74.6 Å². The quantitative estimate of drug-likeness (QED) is 0.663. The van der Waals surface area contributed by atoms with Gasteiger partial charge in [-0.05, 0) is 55.5 Å². The van der Waals surface area contributed by atoms with Gasteiger partial charge in [-0.2, -0.15) is 5.26 Å². The van der Waals surface area contributed by atoms with Gasteiger partial charge in [0.2, 0.25) is 12.7 Å². The van der Waals surface area contributed by atoms with E-state index in [2.05, 4.69) is 23.2 Å². The fraction of sp³-hybridized carbons (Fsp3) is 0.478. The Morgan fingerprint density at radius 1 is 1.23 bits per heavy atom. The average molecular weight is 426 g/mol. The monoisotopic (exact) mass is 425 g/mol. The highest BCUT2D eigenvalue weighted by Crippen LogP contribution is 2.37. The van der Waals surface area contributed by atoms with E-state index in [-0.39, 0.29) is 12.7 Å². The maximum Gasteiger partial charge on any atom is 0.231 e. The molecule has 1 amide bonds. The first-order valence-corrected chi connectivity index (χ1v) is 11.4. The van der Waals surface area contributed by atoms with Gasteiger partial charge in [0.1, 0.15) is 11.1 Å². The summed E-state index contributed by atoms with van der Waals surface area (Å²) < 4.78 is 10.8. The summed E-state index contributed by atoms with van der Waals surface area (Å²) in [6.07, 6.45) is 5.86. The van der Waals surface area contributed by atoms with E-state index in [1.54, 1.807) is 11.3 Å². The Morgan fingerprint density at radius 3 is 2.90 bits per heavy atom. The molecule has 1 aliphatic carbocycles. The van der Waals surface area contributed by atoms with Crippen LogP contribution < -0.4 is 14.8 Å². The number of aryl methyl sites for hydroxylation is 1. The number of nitriles is 1. The van der Waals surface area contributed by atoms with Crippen LogP contribution in [0.2, 0.25) is 0 Å². The molecule has 2 heterocycles. The van der Waals surface area contributed by atoms with Gasteiger partial charge < -0.3 is 14.8 Å². The predicted molar refractivity (Wildman–Crippen MR) is 117 cm³/mol. The van der Waals surface area contributed by atoms with Gasteiger partial charge in [-0.3, -0.25) is 9.69 Å². The summed E-state index contributed by atoms with van der Waals surface area (Å²) in [6, 6.07) is 8.30. The summed E-state index contributed by atoms with van der Waals surface area (Å²) in [4.78, 5) is 16.1. The number of rotatable bonds is 7. The minimum absolute atomic E-state index is 0.0351. The molecular formula is C23H27N3O3S. The Labute approximate surface area is 181 Å². The van der Waals surface area contributed by atoms with Crippen molar-refractivity contribution in [1.82, 2.24) is 4.90 Å². The Morgan fingerprint density at radius 2 is 2.07 bits per heavy atom. The molecule has 0 atom stereocenters. The van der Waals surface area contributed by atoms with E-state index >= 15 is 0 Å². The van der Waals surface area contributed by atoms with Gasteiger partial charge in [-0.1, -0.05) is 19.4 Å². The first-order valence-electron chi connectivity index (χ1n) is 10.6. The van der Waals surface area contributed by atoms with Crippen LogP contribution in [0.1, 0.15) is 54.2 Å². The molecule has 4 rings (SSSR count). The van der Waals surface area contributed by atoms with Crippen LogP contribution in [0.15, 0.2) is 18.2 Å².